The Morgan fingerprint density at radius 1 is 1.26 bits per heavy atom. The maximum absolute atomic E-state index is 12.5. The van der Waals surface area contributed by atoms with E-state index >= 15 is 0 Å². The van der Waals surface area contributed by atoms with Crippen molar-refractivity contribution in [1.82, 2.24) is 0 Å². The molecule has 1 rings (SSSR count). The van der Waals surface area contributed by atoms with E-state index < -0.39 is 9.84 Å². The van der Waals surface area contributed by atoms with E-state index in [9.17, 15) is 8.42 Å². The summed E-state index contributed by atoms with van der Waals surface area (Å²) in [6.07, 6.45) is 4.08. The molecule has 0 saturated heterocycles. The number of hydrogen-bond acceptors (Lipinski definition) is 3. The first-order valence-electron chi connectivity index (χ1n) is 7.00. The van der Waals surface area contributed by atoms with Crippen LogP contribution in [-0.2, 0) is 9.84 Å². The number of nitrogen functional groups attached to an aromatic ring is 1. The highest BCUT2D eigenvalue weighted by molar-refractivity contribution is 7.91. The quantitative estimate of drug-likeness (QED) is 0.778. The second-order valence-electron chi connectivity index (χ2n) is 5.17. The minimum absolute atomic E-state index is 0.230. The van der Waals surface area contributed by atoms with Gasteiger partial charge in [-0.1, -0.05) is 39.2 Å². The molecule has 0 radical (unpaired) electrons. The Labute approximate surface area is 117 Å². The van der Waals surface area contributed by atoms with E-state index in [2.05, 4.69) is 13.8 Å². The molecule has 0 aliphatic carbocycles. The number of rotatable bonds is 7. The van der Waals surface area contributed by atoms with Crippen LogP contribution in [0.5, 0.6) is 0 Å². The van der Waals surface area contributed by atoms with Gasteiger partial charge in [0.25, 0.3) is 0 Å². The fraction of sp³-hybridized carbons (Fsp3) is 0.600. The smallest absolute Gasteiger partial charge is 0.178 e. The van der Waals surface area contributed by atoms with E-state index in [4.69, 9.17) is 5.73 Å². The summed E-state index contributed by atoms with van der Waals surface area (Å²) in [6.45, 7) is 5.96. The van der Waals surface area contributed by atoms with Gasteiger partial charge in [-0.3, -0.25) is 0 Å². The molecule has 0 aromatic heterocycles. The largest absolute Gasteiger partial charge is 0.398 e. The average Bonchev–Trinajstić information content (AvgIpc) is 2.37. The molecule has 3 nitrogen and oxygen atoms in total. The summed E-state index contributed by atoms with van der Waals surface area (Å²) in [7, 11) is -3.24. The summed E-state index contributed by atoms with van der Waals surface area (Å²) >= 11 is 0. The van der Waals surface area contributed by atoms with E-state index in [0.717, 1.165) is 25.7 Å². The zero-order valence-corrected chi connectivity index (χ0v) is 13.0. The van der Waals surface area contributed by atoms with Crippen molar-refractivity contribution in [3.05, 3.63) is 23.8 Å². The first-order valence-corrected chi connectivity index (χ1v) is 8.65. The standard InChI is InChI=1S/C15H25NO2S/c1-4-6-8-13(5-2)11-19(17,18)15-10-7-9-14(16)12(15)3/h7,9-10,13H,4-6,8,11,16H2,1-3H3. The third-order valence-electron chi connectivity index (χ3n) is 3.66. The van der Waals surface area contributed by atoms with Gasteiger partial charge in [-0.05, 0) is 37.0 Å². The van der Waals surface area contributed by atoms with E-state index in [1.165, 1.54) is 0 Å². The summed E-state index contributed by atoms with van der Waals surface area (Å²) in [6, 6.07) is 5.11. The minimum Gasteiger partial charge on any atom is -0.398 e. The molecule has 1 aromatic rings. The van der Waals surface area contributed by atoms with E-state index in [1.54, 1.807) is 25.1 Å². The topological polar surface area (TPSA) is 60.2 Å². The first kappa shape index (κ1) is 16.0. The van der Waals surface area contributed by atoms with Crippen LogP contribution in [-0.4, -0.2) is 14.2 Å². The van der Waals surface area contributed by atoms with Gasteiger partial charge in [0, 0.05) is 5.69 Å². The normalized spacial score (nSPS) is 13.4. The molecule has 0 fully saturated rings. The molecule has 1 atom stereocenters. The van der Waals surface area contributed by atoms with Gasteiger partial charge < -0.3 is 5.73 Å². The Morgan fingerprint density at radius 3 is 2.53 bits per heavy atom. The molecule has 0 spiro atoms. The summed E-state index contributed by atoms with van der Waals surface area (Å²) in [5, 5.41) is 0. The Bertz CT molecular complexity index is 509. The second-order valence-corrected chi connectivity index (χ2v) is 7.17. The molecule has 0 saturated carbocycles. The fourth-order valence-corrected chi connectivity index (χ4v) is 4.34. The lowest BCUT2D eigenvalue weighted by atomic mass is 10.0. The third kappa shape index (κ3) is 4.23. The van der Waals surface area contributed by atoms with Crippen molar-refractivity contribution in [3.8, 4) is 0 Å². The van der Waals surface area contributed by atoms with Crippen molar-refractivity contribution in [2.45, 2.75) is 51.3 Å². The SMILES string of the molecule is CCCCC(CC)CS(=O)(=O)c1cccc(N)c1C. The lowest BCUT2D eigenvalue weighted by molar-refractivity contribution is 0.483. The van der Waals surface area contributed by atoms with Crippen LogP contribution in [0.4, 0.5) is 5.69 Å². The number of anilines is 1. The Hall–Kier alpha value is -1.03. The maximum atomic E-state index is 12.5. The van der Waals surface area contributed by atoms with E-state index in [-0.39, 0.29) is 11.7 Å². The highest BCUT2D eigenvalue weighted by Gasteiger charge is 2.22. The van der Waals surface area contributed by atoms with E-state index in [0.29, 0.717) is 16.1 Å². The van der Waals surface area contributed by atoms with Crippen LogP contribution < -0.4 is 5.73 Å². The van der Waals surface area contributed by atoms with Gasteiger partial charge in [0.15, 0.2) is 9.84 Å². The van der Waals surface area contributed by atoms with Gasteiger partial charge in [0.1, 0.15) is 0 Å². The maximum Gasteiger partial charge on any atom is 0.178 e. The zero-order valence-electron chi connectivity index (χ0n) is 12.1. The van der Waals surface area contributed by atoms with Crippen molar-refractivity contribution in [3.63, 3.8) is 0 Å². The Morgan fingerprint density at radius 2 is 1.95 bits per heavy atom. The van der Waals surface area contributed by atoms with Crippen LogP contribution in [0.15, 0.2) is 23.1 Å². The van der Waals surface area contributed by atoms with Crippen LogP contribution in [0.3, 0.4) is 0 Å². The average molecular weight is 283 g/mol. The third-order valence-corrected chi connectivity index (χ3v) is 5.68. The van der Waals surface area contributed by atoms with Gasteiger partial charge >= 0.3 is 0 Å². The number of nitrogens with two attached hydrogens (primary N) is 1. The summed E-state index contributed by atoms with van der Waals surface area (Å²) in [5.41, 5.74) is 7.01. The van der Waals surface area contributed by atoms with Crippen molar-refractivity contribution in [1.29, 1.82) is 0 Å². The highest BCUT2D eigenvalue weighted by Crippen LogP contribution is 2.25. The molecule has 0 bridgehead atoms. The van der Waals surface area contributed by atoms with Crippen LogP contribution >= 0.6 is 0 Å². The van der Waals surface area contributed by atoms with Gasteiger partial charge in [-0.2, -0.15) is 0 Å². The predicted molar refractivity (Wildman–Crippen MR) is 81.0 cm³/mol. The Kier molecular flexibility index (Phi) is 5.85. The lowest BCUT2D eigenvalue weighted by Gasteiger charge is -2.16. The van der Waals surface area contributed by atoms with Crippen molar-refractivity contribution in [2.75, 3.05) is 11.5 Å². The minimum atomic E-state index is -3.24. The summed E-state index contributed by atoms with van der Waals surface area (Å²) in [4.78, 5) is 0.391. The number of benzene rings is 1. The summed E-state index contributed by atoms with van der Waals surface area (Å²) < 4.78 is 25.0. The molecule has 19 heavy (non-hydrogen) atoms. The molecule has 4 heteroatoms. The molecule has 2 N–H and O–H groups in total. The monoisotopic (exact) mass is 283 g/mol. The van der Waals surface area contributed by atoms with Gasteiger partial charge in [0.2, 0.25) is 0 Å². The van der Waals surface area contributed by atoms with Gasteiger partial charge in [-0.15, -0.1) is 0 Å². The molecule has 0 aliphatic heterocycles. The van der Waals surface area contributed by atoms with Crippen LogP contribution in [0, 0.1) is 12.8 Å². The van der Waals surface area contributed by atoms with Crippen molar-refractivity contribution < 1.29 is 8.42 Å². The molecular weight excluding hydrogens is 258 g/mol. The number of sulfone groups is 1. The second kappa shape index (κ2) is 6.94. The molecule has 0 heterocycles. The molecule has 108 valence electrons. The van der Waals surface area contributed by atoms with Gasteiger partial charge in [-0.25, -0.2) is 8.42 Å². The fourth-order valence-electron chi connectivity index (χ4n) is 2.27. The molecule has 1 unspecified atom stereocenters. The molecular formula is C15H25NO2S. The molecule has 0 amide bonds. The van der Waals surface area contributed by atoms with Crippen LogP contribution in [0.2, 0.25) is 0 Å². The molecule has 0 aliphatic rings. The van der Waals surface area contributed by atoms with Crippen molar-refractivity contribution in [2.24, 2.45) is 5.92 Å². The van der Waals surface area contributed by atoms with Crippen LogP contribution in [0.1, 0.15) is 45.1 Å². The van der Waals surface area contributed by atoms with E-state index in [1.807, 2.05) is 0 Å². The number of unbranched alkanes of at least 4 members (excludes halogenated alkanes) is 1. The first-order chi connectivity index (χ1) is 8.92. The predicted octanol–water partition coefficient (Wildman–Crippen LogP) is 3.57. The van der Waals surface area contributed by atoms with Gasteiger partial charge in [0.05, 0.1) is 10.6 Å². The lowest BCUT2D eigenvalue weighted by Crippen LogP contribution is -2.17. The zero-order chi connectivity index (χ0) is 14.5. The Balaban J connectivity index is 2.94. The van der Waals surface area contributed by atoms with Crippen LogP contribution in [0.25, 0.3) is 0 Å². The van der Waals surface area contributed by atoms with Crippen molar-refractivity contribution >= 4 is 15.5 Å². The molecule has 1 aromatic carbocycles. The summed E-state index contributed by atoms with van der Waals surface area (Å²) in [5.74, 6) is 0.471. The highest BCUT2D eigenvalue weighted by atomic mass is 32.2. The number of hydrogen-bond donors (Lipinski definition) is 1.